The summed E-state index contributed by atoms with van der Waals surface area (Å²) in [5, 5.41) is 2.88. The van der Waals surface area contributed by atoms with E-state index in [0.29, 0.717) is 31.1 Å². The number of nitrogens with zero attached hydrogens (tertiary/aromatic N) is 2. The van der Waals surface area contributed by atoms with E-state index in [1.807, 2.05) is 55.1 Å². The van der Waals surface area contributed by atoms with E-state index in [1.54, 1.807) is 12.1 Å². The van der Waals surface area contributed by atoms with Crippen molar-refractivity contribution in [2.24, 2.45) is 0 Å². The van der Waals surface area contributed by atoms with Crippen LogP contribution >= 0.6 is 0 Å². The molecule has 3 aromatic rings. The van der Waals surface area contributed by atoms with E-state index in [1.165, 1.54) is 12.3 Å². The number of benzene rings is 2. The second kappa shape index (κ2) is 9.98. The van der Waals surface area contributed by atoms with Gasteiger partial charge in [0, 0.05) is 24.7 Å². The zero-order valence-corrected chi connectivity index (χ0v) is 16.8. The highest BCUT2D eigenvalue weighted by Gasteiger charge is 2.17. The Morgan fingerprint density at radius 2 is 1.83 bits per heavy atom. The van der Waals surface area contributed by atoms with Crippen LogP contribution in [0.25, 0.3) is 0 Å². The number of carbonyl (C=O) groups excluding carboxylic acids is 1. The van der Waals surface area contributed by atoms with Gasteiger partial charge >= 0.3 is 0 Å². The molecule has 0 saturated heterocycles. The van der Waals surface area contributed by atoms with Crippen LogP contribution in [-0.4, -0.2) is 21.8 Å². The fourth-order valence-corrected chi connectivity index (χ4v) is 2.96. The largest absolute Gasteiger partial charge is 0.447 e. The first kappa shape index (κ1) is 20.7. The summed E-state index contributed by atoms with van der Waals surface area (Å²) in [6.45, 7) is 5.31. The van der Waals surface area contributed by atoms with Crippen molar-refractivity contribution in [1.82, 2.24) is 15.2 Å². The Morgan fingerprint density at radius 1 is 1.10 bits per heavy atom. The first-order valence-corrected chi connectivity index (χ1v) is 9.80. The highest BCUT2D eigenvalue weighted by Crippen LogP contribution is 2.16. The molecule has 0 saturated carbocycles. The number of amides is 1. The molecule has 0 radical (unpaired) electrons. The fraction of sp³-hybridized carbons (Fsp3) is 0.304. The quantitative estimate of drug-likeness (QED) is 0.578. The lowest BCUT2D eigenvalue weighted by molar-refractivity contribution is 0.0934. The summed E-state index contributed by atoms with van der Waals surface area (Å²) in [5.74, 6) is -0.0729. The molecule has 5 nitrogen and oxygen atoms in total. The summed E-state index contributed by atoms with van der Waals surface area (Å²) in [7, 11) is 0. The molecule has 0 bridgehead atoms. The van der Waals surface area contributed by atoms with Gasteiger partial charge in [-0.15, -0.1) is 0 Å². The Bertz CT molecular complexity index is 927. The molecule has 1 amide bonds. The zero-order valence-electron chi connectivity index (χ0n) is 16.8. The maximum Gasteiger partial charge on any atom is 0.273 e. The summed E-state index contributed by atoms with van der Waals surface area (Å²) >= 11 is 0. The number of hydrogen-bond acceptors (Lipinski definition) is 4. The van der Waals surface area contributed by atoms with Crippen molar-refractivity contribution < 1.29 is 13.6 Å². The van der Waals surface area contributed by atoms with Crippen molar-refractivity contribution in [2.75, 3.05) is 0 Å². The molecule has 0 unspecified atom stereocenters. The number of rotatable bonds is 9. The van der Waals surface area contributed by atoms with Gasteiger partial charge in [-0.2, -0.15) is 0 Å². The number of carbonyl (C=O) groups is 1. The van der Waals surface area contributed by atoms with E-state index in [0.717, 1.165) is 12.0 Å². The molecular weight excluding hydrogens is 369 g/mol. The van der Waals surface area contributed by atoms with Gasteiger partial charge in [0.2, 0.25) is 5.89 Å². The third kappa shape index (κ3) is 5.99. The maximum atomic E-state index is 14.2. The van der Waals surface area contributed by atoms with Crippen molar-refractivity contribution in [3.8, 4) is 0 Å². The van der Waals surface area contributed by atoms with Crippen LogP contribution < -0.4 is 5.32 Å². The van der Waals surface area contributed by atoms with Crippen LogP contribution in [0.5, 0.6) is 0 Å². The van der Waals surface area contributed by atoms with Crippen LogP contribution in [0.4, 0.5) is 4.39 Å². The van der Waals surface area contributed by atoms with Gasteiger partial charge < -0.3 is 9.73 Å². The molecule has 0 aliphatic rings. The van der Waals surface area contributed by atoms with Crippen molar-refractivity contribution in [1.29, 1.82) is 0 Å². The normalized spacial score (nSPS) is 12.1. The molecule has 1 atom stereocenters. The van der Waals surface area contributed by atoms with E-state index < -0.39 is 0 Å². The second-order valence-electron chi connectivity index (χ2n) is 7.13. The molecule has 0 spiro atoms. The summed E-state index contributed by atoms with van der Waals surface area (Å²) in [4.78, 5) is 18.6. The topological polar surface area (TPSA) is 58.4 Å². The van der Waals surface area contributed by atoms with E-state index in [2.05, 4.69) is 10.3 Å². The Kier molecular flexibility index (Phi) is 7.14. The molecule has 1 heterocycles. The zero-order chi connectivity index (χ0) is 20.6. The number of nitrogens with one attached hydrogen (secondary N) is 1. The van der Waals surface area contributed by atoms with Gasteiger partial charge in [-0.05, 0) is 25.0 Å². The third-order valence-electron chi connectivity index (χ3n) is 4.73. The van der Waals surface area contributed by atoms with Crippen LogP contribution in [0.2, 0.25) is 0 Å². The van der Waals surface area contributed by atoms with E-state index >= 15 is 0 Å². The molecule has 1 N–H and O–H groups in total. The van der Waals surface area contributed by atoms with Gasteiger partial charge in [-0.3, -0.25) is 9.69 Å². The second-order valence-corrected chi connectivity index (χ2v) is 7.13. The van der Waals surface area contributed by atoms with Crippen LogP contribution in [0.3, 0.4) is 0 Å². The average Bonchev–Trinajstić information content (AvgIpc) is 3.19. The van der Waals surface area contributed by atoms with Crippen molar-refractivity contribution >= 4 is 5.91 Å². The van der Waals surface area contributed by atoms with E-state index in [9.17, 15) is 9.18 Å². The number of aromatic nitrogens is 1. The molecule has 1 aromatic heterocycles. The third-order valence-corrected chi connectivity index (χ3v) is 4.73. The standard InChI is InChI=1S/C23H26FN3O2/c1-3-17(2)25-23(28)21-16-29-22(26-21)15-27(13-18-9-5-4-6-10-18)14-19-11-7-8-12-20(19)24/h4-12,16-17H,3,13-15H2,1-2H3,(H,25,28)/t17-/m0/s1. The molecule has 6 heteroatoms. The Balaban J connectivity index is 1.74. The molecule has 29 heavy (non-hydrogen) atoms. The average molecular weight is 395 g/mol. The molecule has 152 valence electrons. The number of hydrogen-bond donors (Lipinski definition) is 1. The summed E-state index contributed by atoms with van der Waals surface area (Å²) < 4.78 is 19.7. The van der Waals surface area contributed by atoms with Gasteiger partial charge in [0.25, 0.3) is 5.91 Å². The van der Waals surface area contributed by atoms with Crippen LogP contribution in [-0.2, 0) is 19.6 Å². The first-order valence-electron chi connectivity index (χ1n) is 9.80. The van der Waals surface area contributed by atoms with Crippen molar-refractivity contribution in [3.05, 3.63) is 89.4 Å². The van der Waals surface area contributed by atoms with Crippen molar-refractivity contribution in [3.63, 3.8) is 0 Å². The predicted molar refractivity (Wildman–Crippen MR) is 110 cm³/mol. The summed E-state index contributed by atoms with van der Waals surface area (Å²) in [6, 6.07) is 16.7. The molecule has 2 aromatic carbocycles. The van der Waals surface area contributed by atoms with E-state index in [4.69, 9.17) is 4.42 Å². The lowest BCUT2D eigenvalue weighted by atomic mass is 10.1. The minimum Gasteiger partial charge on any atom is -0.447 e. The van der Waals surface area contributed by atoms with Gasteiger partial charge in [0.15, 0.2) is 5.69 Å². The number of oxazole rings is 1. The Hall–Kier alpha value is -2.99. The van der Waals surface area contributed by atoms with E-state index in [-0.39, 0.29) is 23.5 Å². The Morgan fingerprint density at radius 3 is 2.55 bits per heavy atom. The van der Waals surface area contributed by atoms with Gasteiger partial charge in [0.05, 0.1) is 6.54 Å². The highest BCUT2D eigenvalue weighted by atomic mass is 19.1. The molecule has 0 fully saturated rings. The van der Waals surface area contributed by atoms with Crippen LogP contribution in [0.1, 0.15) is 47.8 Å². The highest BCUT2D eigenvalue weighted by molar-refractivity contribution is 5.92. The van der Waals surface area contributed by atoms with Gasteiger partial charge in [-0.25, -0.2) is 9.37 Å². The van der Waals surface area contributed by atoms with Crippen LogP contribution in [0.15, 0.2) is 65.3 Å². The lowest BCUT2D eigenvalue weighted by Crippen LogP contribution is -2.32. The number of halogens is 1. The minimum absolute atomic E-state index is 0.0679. The van der Waals surface area contributed by atoms with Crippen molar-refractivity contribution in [2.45, 2.75) is 45.9 Å². The van der Waals surface area contributed by atoms with Gasteiger partial charge in [-0.1, -0.05) is 55.5 Å². The summed E-state index contributed by atoms with van der Waals surface area (Å²) in [5.41, 5.74) is 1.96. The fourth-order valence-electron chi connectivity index (χ4n) is 2.96. The molecular formula is C23H26FN3O2. The minimum atomic E-state index is -0.252. The predicted octanol–water partition coefficient (Wildman–Crippen LogP) is 4.54. The molecule has 0 aliphatic carbocycles. The SMILES string of the molecule is CC[C@H](C)NC(=O)c1coc(CN(Cc2ccccc2)Cc2ccccc2F)n1. The molecule has 3 rings (SSSR count). The lowest BCUT2D eigenvalue weighted by Gasteiger charge is -2.21. The summed E-state index contributed by atoms with van der Waals surface area (Å²) in [6.07, 6.45) is 2.21. The smallest absolute Gasteiger partial charge is 0.273 e. The maximum absolute atomic E-state index is 14.2. The van der Waals surface area contributed by atoms with Crippen LogP contribution in [0, 0.1) is 5.82 Å². The first-order chi connectivity index (χ1) is 14.0. The monoisotopic (exact) mass is 395 g/mol. The van der Waals surface area contributed by atoms with Gasteiger partial charge in [0.1, 0.15) is 12.1 Å². The Labute approximate surface area is 170 Å². The molecule has 0 aliphatic heterocycles.